The molecule has 0 fully saturated rings. The third-order valence-electron chi connectivity index (χ3n) is 4.42. The number of unbranched alkanes of at least 4 members (excludes halogenated alkanes) is 1. The van der Waals surface area contributed by atoms with Gasteiger partial charge in [0.1, 0.15) is 17.8 Å². The van der Waals surface area contributed by atoms with Crippen molar-refractivity contribution in [3.8, 4) is 17.2 Å². The van der Waals surface area contributed by atoms with E-state index in [1.165, 1.54) is 0 Å². The molecule has 0 spiro atoms. The standard InChI is InChI=1S/C21H22I4N2O4/c1-2-3-4-12(10-28)27-21(30)18(26)7-11-5-16(24)20(17(25)6-11)31-13-8-14(22)19(29)15(23)9-13/h5-6,8-10,12,18,29H,2-4,7,26H2,1H3,(H,27,30). The van der Waals surface area contributed by atoms with Crippen molar-refractivity contribution in [2.75, 3.05) is 0 Å². The SMILES string of the molecule is CCCCC(C=O)NC(=O)C(N)Cc1cc(I)c(Oc2cc(I)c(O)c(I)c2)c(I)c1. The van der Waals surface area contributed by atoms with Gasteiger partial charge in [-0.1, -0.05) is 19.8 Å². The van der Waals surface area contributed by atoms with Gasteiger partial charge >= 0.3 is 0 Å². The number of rotatable bonds is 10. The summed E-state index contributed by atoms with van der Waals surface area (Å²) in [6, 6.07) is 6.19. The molecule has 168 valence electrons. The lowest BCUT2D eigenvalue weighted by Gasteiger charge is -2.18. The minimum atomic E-state index is -0.747. The van der Waals surface area contributed by atoms with Crippen molar-refractivity contribution in [2.24, 2.45) is 5.73 Å². The highest BCUT2D eigenvalue weighted by molar-refractivity contribution is 14.1. The van der Waals surface area contributed by atoms with Crippen LogP contribution in [0, 0.1) is 14.3 Å². The average molecular weight is 874 g/mol. The normalized spacial score (nSPS) is 12.8. The lowest BCUT2D eigenvalue weighted by molar-refractivity contribution is -0.125. The Morgan fingerprint density at radius 3 is 2.23 bits per heavy atom. The highest BCUT2D eigenvalue weighted by atomic mass is 127. The van der Waals surface area contributed by atoms with E-state index in [2.05, 4.69) is 95.7 Å². The van der Waals surface area contributed by atoms with Crippen LogP contribution in [0.4, 0.5) is 0 Å². The highest BCUT2D eigenvalue weighted by Gasteiger charge is 2.20. The first-order valence-electron chi connectivity index (χ1n) is 9.51. The number of nitrogens with one attached hydrogen (secondary N) is 1. The van der Waals surface area contributed by atoms with E-state index >= 15 is 0 Å². The summed E-state index contributed by atoms with van der Waals surface area (Å²) in [5, 5.41) is 12.7. The highest BCUT2D eigenvalue weighted by Crippen LogP contribution is 2.36. The molecule has 2 unspecified atom stereocenters. The van der Waals surface area contributed by atoms with E-state index in [4.69, 9.17) is 10.5 Å². The zero-order chi connectivity index (χ0) is 23.1. The number of halogens is 4. The molecule has 0 heterocycles. The monoisotopic (exact) mass is 874 g/mol. The molecule has 0 aliphatic carbocycles. The molecule has 6 nitrogen and oxygen atoms in total. The molecule has 31 heavy (non-hydrogen) atoms. The molecule has 0 saturated heterocycles. The van der Waals surface area contributed by atoms with Gasteiger partial charge in [0, 0.05) is 0 Å². The molecular formula is C21H22I4N2O4. The third-order valence-corrected chi connectivity index (χ3v) is 7.67. The van der Waals surface area contributed by atoms with Crippen molar-refractivity contribution in [3.63, 3.8) is 0 Å². The molecule has 0 radical (unpaired) electrons. The Balaban J connectivity index is 2.11. The molecule has 0 aliphatic heterocycles. The van der Waals surface area contributed by atoms with Crippen molar-refractivity contribution >= 4 is 103 Å². The number of nitrogens with two attached hydrogens (primary N) is 1. The molecule has 0 aromatic heterocycles. The lowest BCUT2D eigenvalue weighted by atomic mass is 10.0. The maximum absolute atomic E-state index is 12.4. The Labute approximate surface area is 236 Å². The Morgan fingerprint density at radius 1 is 1.13 bits per heavy atom. The van der Waals surface area contributed by atoms with Gasteiger partial charge in [0.05, 0.1) is 26.4 Å². The van der Waals surface area contributed by atoms with Crippen LogP contribution in [-0.4, -0.2) is 29.4 Å². The predicted molar refractivity (Wildman–Crippen MR) is 155 cm³/mol. The molecule has 2 aromatic rings. The quantitative estimate of drug-likeness (QED) is 0.221. The third kappa shape index (κ3) is 8.10. The smallest absolute Gasteiger partial charge is 0.237 e. The molecule has 4 N–H and O–H groups in total. The first-order chi connectivity index (χ1) is 14.7. The van der Waals surface area contributed by atoms with Crippen LogP contribution in [0.25, 0.3) is 0 Å². The Kier molecular flexibility index (Phi) is 11.5. The number of carbonyl (C=O) groups is 2. The molecular weight excluding hydrogens is 852 g/mol. The van der Waals surface area contributed by atoms with Crippen molar-refractivity contribution in [1.82, 2.24) is 5.32 Å². The van der Waals surface area contributed by atoms with E-state index in [1.54, 1.807) is 12.1 Å². The van der Waals surface area contributed by atoms with Gasteiger partial charge in [0.2, 0.25) is 5.91 Å². The van der Waals surface area contributed by atoms with E-state index in [0.29, 0.717) is 31.5 Å². The van der Waals surface area contributed by atoms with Crippen LogP contribution in [-0.2, 0) is 16.0 Å². The van der Waals surface area contributed by atoms with Crippen LogP contribution in [0.15, 0.2) is 24.3 Å². The maximum atomic E-state index is 12.4. The fraction of sp³-hybridized carbons (Fsp3) is 0.333. The molecule has 0 aliphatic rings. The molecule has 0 saturated carbocycles. The number of ether oxygens (including phenoxy) is 1. The number of hydrogen-bond acceptors (Lipinski definition) is 5. The van der Waals surface area contributed by atoms with E-state index in [1.807, 2.05) is 19.1 Å². The summed E-state index contributed by atoms with van der Waals surface area (Å²) in [6.07, 6.45) is 3.57. The second kappa shape index (κ2) is 13.1. The van der Waals surface area contributed by atoms with Gasteiger partial charge in [-0.25, -0.2) is 0 Å². The largest absolute Gasteiger partial charge is 0.506 e. The van der Waals surface area contributed by atoms with Crippen molar-refractivity contribution in [1.29, 1.82) is 0 Å². The second-order valence-corrected chi connectivity index (χ2v) is 11.6. The van der Waals surface area contributed by atoms with Crippen molar-refractivity contribution < 1.29 is 19.4 Å². The molecule has 10 heteroatoms. The number of hydrogen-bond donors (Lipinski definition) is 3. The first kappa shape index (κ1) is 27.3. The van der Waals surface area contributed by atoms with Gasteiger partial charge < -0.3 is 25.7 Å². The van der Waals surface area contributed by atoms with Crippen molar-refractivity contribution in [3.05, 3.63) is 44.1 Å². The molecule has 2 rings (SSSR count). The molecule has 2 aromatic carbocycles. The first-order valence-corrected chi connectivity index (χ1v) is 13.8. The zero-order valence-corrected chi connectivity index (χ0v) is 25.3. The number of phenols is 1. The Morgan fingerprint density at radius 2 is 1.71 bits per heavy atom. The van der Waals surface area contributed by atoms with E-state index in [0.717, 1.165) is 31.8 Å². The Bertz CT molecular complexity index is 909. The van der Waals surface area contributed by atoms with E-state index in [9.17, 15) is 14.7 Å². The van der Waals surface area contributed by atoms with Crippen LogP contribution < -0.4 is 15.8 Å². The summed E-state index contributed by atoms with van der Waals surface area (Å²) in [7, 11) is 0. The average Bonchev–Trinajstić information content (AvgIpc) is 2.71. The van der Waals surface area contributed by atoms with Gasteiger partial charge in [-0.3, -0.25) is 4.79 Å². The zero-order valence-electron chi connectivity index (χ0n) is 16.6. The van der Waals surface area contributed by atoms with Crippen LogP contribution in [0.2, 0.25) is 0 Å². The number of carbonyl (C=O) groups excluding carboxylic acids is 2. The summed E-state index contributed by atoms with van der Waals surface area (Å²) in [5.41, 5.74) is 7.01. The molecule has 0 bridgehead atoms. The summed E-state index contributed by atoms with van der Waals surface area (Å²) >= 11 is 8.53. The minimum Gasteiger partial charge on any atom is -0.506 e. The number of phenolic OH excluding ortho intramolecular Hbond substituents is 1. The molecule has 2 atom stereocenters. The maximum Gasteiger partial charge on any atom is 0.237 e. The predicted octanol–water partition coefficient (Wildman–Crippen LogP) is 5.35. The topological polar surface area (TPSA) is 102 Å². The summed E-state index contributed by atoms with van der Waals surface area (Å²) in [6.45, 7) is 2.04. The lowest BCUT2D eigenvalue weighted by Crippen LogP contribution is -2.47. The van der Waals surface area contributed by atoms with Gasteiger partial charge in [-0.15, -0.1) is 0 Å². The van der Waals surface area contributed by atoms with Crippen LogP contribution >= 0.6 is 90.4 Å². The fourth-order valence-electron chi connectivity index (χ4n) is 2.78. The minimum absolute atomic E-state index is 0.243. The van der Waals surface area contributed by atoms with Gasteiger partial charge in [0.25, 0.3) is 0 Å². The van der Waals surface area contributed by atoms with Gasteiger partial charge in [-0.2, -0.15) is 0 Å². The number of benzene rings is 2. The van der Waals surface area contributed by atoms with Crippen molar-refractivity contribution in [2.45, 2.75) is 44.7 Å². The second-order valence-electron chi connectivity index (χ2n) is 6.93. The van der Waals surface area contributed by atoms with Crippen LogP contribution in [0.5, 0.6) is 17.2 Å². The summed E-state index contributed by atoms with van der Waals surface area (Å²) in [5.74, 6) is 1.26. The fourth-order valence-corrected chi connectivity index (χ4v) is 6.61. The Hall–Kier alpha value is 0.0600. The number of aromatic hydroxyl groups is 1. The van der Waals surface area contributed by atoms with Crippen LogP contribution in [0.3, 0.4) is 0 Å². The van der Waals surface area contributed by atoms with E-state index < -0.39 is 12.1 Å². The summed E-state index contributed by atoms with van der Waals surface area (Å²) in [4.78, 5) is 23.6. The van der Waals surface area contributed by atoms with E-state index in [-0.39, 0.29) is 11.7 Å². The summed E-state index contributed by atoms with van der Waals surface area (Å²) < 4.78 is 9.29. The number of aldehydes is 1. The number of amides is 1. The van der Waals surface area contributed by atoms with Gasteiger partial charge in [0.15, 0.2) is 5.75 Å². The van der Waals surface area contributed by atoms with Crippen LogP contribution in [0.1, 0.15) is 31.7 Å². The molecule has 1 amide bonds. The van der Waals surface area contributed by atoms with Gasteiger partial charge in [-0.05, 0) is 133 Å².